The molecule has 8 heteroatoms. The number of unbranched alkanes of at least 4 members (excludes halogenated alkanes) is 1. The molecule has 1 aromatic rings. The highest BCUT2D eigenvalue weighted by Gasteiger charge is 2.20. The number of carbonyl (C=O) groups is 3. The fourth-order valence-corrected chi connectivity index (χ4v) is 1.81. The quantitative estimate of drug-likeness (QED) is 0.588. The number of ether oxygens (including phenoxy) is 1. The van der Waals surface area contributed by atoms with Gasteiger partial charge in [-0.2, -0.15) is 0 Å². The van der Waals surface area contributed by atoms with E-state index in [4.69, 9.17) is 15.6 Å². The van der Waals surface area contributed by atoms with E-state index in [9.17, 15) is 14.4 Å². The number of nitrogens with one attached hydrogen (secondary N) is 1. The van der Waals surface area contributed by atoms with Gasteiger partial charge in [-0.15, -0.1) is 0 Å². The monoisotopic (exact) mass is 322 g/mol. The van der Waals surface area contributed by atoms with Crippen LogP contribution in [0.5, 0.6) is 0 Å². The molecule has 0 aliphatic heterocycles. The van der Waals surface area contributed by atoms with Crippen LogP contribution in [-0.2, 0) is 16.1 Å². The van der Waals surface area contributed by atoms with Crippen molar-refractivity contribution >= 4 is 18.1 Å². The summed E-state index contributed by atoms with van der Waals surface area (Å²) in [6.45, 7) is 0.302. The van der Waals surface area contributed by atoms with Gasteiger partial charge in [0.25, 0.3) is 0 Å². The molecule has 8 nitrogen and oxygen atoms in total. The Bertz CT molecular complexity index is 521. The summed E-state index contributed by atoms with van der Waals surface area (Å²) in [6, 6.07) is 7.26. The summed E-state index contributed by atoms with van der Waals surface area (Å²) in [5, 5.41) is 14.9. The molecule has 1 aromatic carbocycles. The highest BCUT2D eigenvalue weighted by molar-refractivity contribution is 5.79. The second kappa shape index (κ2) is 10.0. The number of benzene rings is 1. The Morgan fingerprint density at radius 3 is 2.52 bits per heavy atom. The number of alkyl carbamates (subject to hydrolysis) is 1. The van der Waals surface area contributed by atoms with E-state index < -0.39 is 24.1 Å². The fourth-order valence-electron chi connectivity index (χ4n) is 1.81. The Kier molecular flexibility index (Phi) is 7.98. The van der Waals surface area contributed by atoms with Crippen LogP contribution in [0.2, 0.25) is 0 Å². The van der Waals surface area contributed by atoms with Crippen LogP contribution in [0.3, 0.4) is 0 Å². The Hall–Kier alpha value is -2.77. The highest BCUT2D eigenvalue weighted by atomic mass is 16.5. The van der Waals surface area contributed by atoms with Crippen molar-refractivity contribution in [2.45, 2.75) is 31.9 Å². The molecule has 0 spiro atoms. The normalized spacial score (nSPS) is 11.3. The lowest BCUT2D eigenvalue weighted by Crippen LogP contribution is -2.41. The number of carboxylic acid groups (broad SMARTS) is 1. The lowest BCUT2D eigenvalue weighted by Gasteiger charge is -2.14. The van der Waals surface area contributed by atoms with Gasteiger partial charge in [-0.25, -0.2) is 19.7 Å². The minimum absolute atomic E-state index is 0.0660. The van der Waals surface area contributed by atoms with Crippen molar-refractivity contribution in [2.24, 2.45) is 5.73 Å². The molecule has 0 aliphatic carbocycles. The molecule has 1 atom stereocenters. The second-order valence-electron chi connectivity index (χ2n) is 4.81. The molecule has 0 aliphatic rings. The maximum Gasteiger partial charge on any atom is 0.408 e. The Balaban J connectivity index is 2.29. The predicted molar refractivity (Wildman–Crippen MR) is 81.6 cm³/mol. The molecule has 125 valence electrons. The first-order valence-corrected chi connectivity index (χ1v) is 7.16. The zero-order chi connectivity index (χ0) is 17.1. The van der Waals surface area contributed by atoms with Gasteiger partial charge < -0.3 is 20.9 Å². The smallest absolute Gasteiger partial charge is 0.408 e. The third-order valence-electron chi connectivity index (χ3n) is 2.97. The molecule has 0 saturated carbocycles. The van der Waals surface area contributed by atoms with Crippen molar-refractivity contribution in [3.8, 4) is 0 Å². The molecule has 4 N–H and O–H groups in total. The van der Waals surface area contributed by atoms with Gasteiger partial charge in [0.1, 0.15) is 12.6 Å². The lowest BCUT2D eigenvalue weighted by molar-refractivity contribution is -0.139. The summed E-state index contributed by atoms with van der Waals surface area (Å²) in [6.07, 6.45) is 0.410. The molecule has 0 bridgehead atoms. The fraction of sp³-hybridized carbons (Fsp3) is 0.400. The van der Waals surface area contributed by atoms with Crippen LogP contribution in [-0.4, -0.2) is 35.8 Å². The molecule has 0 heterocycles. The Labute approximate surface area is 134 Å². The first-order chi connectivity index (χ1) is 11.0. The van der Waals surface area contributed by atoms with E-state index in [1.54, 1.807) is 12.1 Å². The van der Waals surface area contributed by atoms with Crippen molar-refractivity contribution in [3.05, 3.63) is 35.9 Å². The van der Waals surface area contributed by atoms with E-state index in [0.29, 0.717) is 12.8 Å². The molecule has 1 unspecified atom stereocenters. The van der Waals surface area contributed by atoms with Crippen LogP contribution in [0.15, 0.2) is 30.3 Å². The van der Waals surface area contributed by atoms with Crippen LogP contribution >= 0.6 is 0 Å². The van der Waals surface area contributed by atoms with Gasteiger partial charge in [-0.3, -0.25) is 0 Å². The number of carboxylic acids is 1. The van der Waals surface area contributed by atoms with Crippen LogP contribution in [0.4, 0.5) is 9.59 Å². The van der Waals surface area contributed by atoms with E-state index in [-0.39, 0.29) is 19.6 Å². The number of amides is 3. The lowest BCUT2D eigenvalue weighted by atomic mass is 10.1. The van der Waals surface area contributed by atoms with Crippen LogP contribution in [0.1, 0.15) is 24.8 Å². The van der Waals surface area contributed by atoms with Gasteiger partial charge in [-0.1, -0.05) is 30.3 Å². The van der Waals surface area contributed by atoms with Crippen molar-refractivity contribution in [3.63, 3.8) is 0 Å². The van der Waals surface area contributed by atoms with Gasteiger partial charge in [0.15, 0.2) is 0 Å². The molecule has 0 fully saturated rings. The number of carbonyl (C=O) groups excluding carboxylic acids is 2. The first kappa shape index (κ1) is 18.3. The molecule has 0 aromatic heterocycles. The molecule has 3 amide bonds. The minimum Gasteiger partial charge on any atom is -0.480 e. The second-order valence-corrected chi connectivity index (χ2v) is 4.81. The van der Waals surface area contributed by atoms with E-state index in [2.05, 4.69) is 10.6 Å². The summed E-state index contributed by atoms with van der Waals surface area (Å²) < 4.78 is 4.97. The average molecular weight is 322 g/mol. The zero-order valence-electron chi connectivity index (χ0n) is 12.6. The number of urea groups is 1. The van der Waals surface area contributed by atoms with E-state index in [0.717, 1.165) is 5.56 Å². The number of nitrogens with two attached hydrogens (primary N) is 1. The van der Waals surface area contributed by atoms with Crippen molar-refractivity contribution in [1.82, 2.24) is 10.6 Å². The summed E-state index contributed by atoms with van der Waals surface area (Å²) in [5.41, 5.74) is 5.66. The maximum absolute atomic E-state index is 11.6. The SMILES string of the molecule is NC(=O)[N]CCCCC(NC(=O)OCc1ccccc1)C(=O)O. The standard InChI is InChI=1S/C15H20N3O5/c16-14(21)17-9-5-4-8-12(13(19)20)18-15(22)23-10-11-6-2-1-3-7-11/h1-3,6-7,12H,4-5,8-10H2,(H2,16,21)(H,18,22)(H,19,20). The molecular weight excluding hydrogens is 302 g/mol. The van der Waals surface area contributed by atoms with Crippen LogP contribution < -0.4 is 16.4 Å². The third kappa shape index (κ3) is 8.30. The van der Waals surface area contributed by atoms with E-state index in [1.165, 1.54) is 0 Å². The van der Waals surface area contributed by atoms with E-state index >= 15 is 0 Å². The summed E-state index contributed by atoms with van der Waals surface area (Å²) in [5.74, 6) is -1.14. The van der Waals surface area contributed by atoms with Crippen LogP contribution in [0.25, 0.3) is 0 Å². The zero-order valence-corrected chi connectivity index (χ0v) is 12.6. The average Bonchev–Trinajstić information content (AvgIpc) is 2.52. The van der Waals surface area contributed by atoms with Crippen molar-refractivity contribution in [1.29, 1.82) is 0 Å². The van der Waals surface area contributed by atoms with Crippen molar-refractivity contribution < 1.29 is 24.2 Å². The molecule has 0 saturated heterocycles. The Morgan fingerprint density at radius 1 is 1.22 bits per heavy atom. The maximum atomic E-state index is 11.6. The number of aliphatic carboxylic acids is 1. The summed E-state index contributed by atoms with van der Waals surface area (Å²) in [4.78, 5) is 33.2. The molecule has 1 rings (SSSR count). The number of rotatable bonds is 9. The third-order valence-corrected chi connectivity index (χ3v) is 2.97. The van der Waals surface area contributed by atoms with Gasteiger partial charge >= 0.3 is 18.1 Å². The van der Waals surface area contributed by atoms with E-state index in [1.807, 2.05) is 18.2 Å². The number of hydrogen-bond donors (Lipinski definition) is 3. The topological polar surface area (TPSA) is 133 Å². The highest BCUT2D eigenvalue weighted by Crippen LogP contribution is 2.04. The molecular formula is C15H20N3O5. The largest absolute Gasteiger partial charge is 0.480 e. The number of primary amides is 1. The molecule has 23 heavy (non-hydrogen) atoms. The van der Waals surface area contributed by atoms with Gasteiger partial charge in [-0.05, 0) is 24.8 Å². The first-order valence-electron chi connectivity index (χ1n) is 7.16. The van der Waals surface area contributed by atoms with Crippen molar-refractivity contribution in [2.75, 3.05) is 6.54 Å². The minimum atomic E-state index is -1.14. The summed E-state index contributed by atoms with van der Waals surface area (Å²) >= 11 is 0. The Morgan fingerprint density at radius 2 is 1.91 bits per heavy atom. The van der Waals surface area contributed by atoms with Gasteiger partial charge in [0, 0.05) is 6.54 Å². The molecule has 1 radical (unpaired) electrons. The van der Waals surface area contributed by atoms with Crippen LogP contribution in [0, 0.1) is 0 Å². The van der Waals surface area contributed by atoms with Gasteiger partial charge in [0.05, 0.1) is 0 Å². The predicted octanol–water partition coefficient (Wildman–Crippen LogP) is 1.22. The van der Waals surface area contributed by atoms with Gasteiger partial charge in [0.2, 0.25) is 0 Å². The number of nitrogens with zero attached hydrogens (tertiary/aromatic N) is 1. The summed E-state index contributed by atoms with van der Waals surface area (Å²) in [7, 11) is 0. The number of hydrogen-bond acceptors (Lipinski definition) is 4.